The number of alkyl halides is 3. The molecule has 0 bridgehead atoms. The fourth-order valence-electron chi connectivity index (χ4n) is 2.00. The van der Waals surface area contributed by atoms with Gasteiger partial charge < -0.3 is 0 Å². The normalized spacial score (nSPS) is 12.9. The zero-order chi connectivity index (χ0) is 14.1. The zero-order valence-electron chi connectivity index (χ0n) is 11.7. The van der Waals surface area contributed by atoms with Crippen molar-refractivity contribution < 1.29 is 13.2 Å². The van der Waals surface area contributed by atoms with Gasteiger partial charge in [-0.1, -0.05) is 32.4 Å². The van der Waals surface area contributed by atoms with Crippen molar-refractivity contribution in [2.24, 2.45) is 5.41 Å². The lowest BCUT2D eigenvalue weighted by atomic mass is 9.86. The van der Waals surface area contributed by atoms with E-state index in [1.807, 2.05) is 6.07 Å². The molecule has 0 N–H and O–H groups in total. The van der Waals surface area contributed by atoms with Gasteiger partial charge in [-0.05, 0) is 49.3 Å². The van der Waals surface area contributed by atoms with Crippen LogP contribution in [-0.2, 0) is 12.6 Å². The van der Waals surface area contributed by atoms with Gasteiger partial charge >= 0.3 is 6.18 Å². The third-order valence-corrected chi connectivity index (χ3v) is 3.11. The van der Waals surface area contributed by atoms with E-state index in [4.69, 9.17) is 0 Å². The van der Waals surface area contributed by atoms with E-state index in [-0.39, 0.29) is 5.41 Å². The molecule has 1 rings (SSSR count). The maximum absolute atomic E-state index is 12.9. The number of halogens is 3. The smallest absolute Gasteiger partial charge is 0.166 e. The summed E-state index contributed by atoms with van der Waals surface area (Å²) in [6, 6.07) is 3.10. The minimum atomic E-state index is -4.26. The highest BCUT2D eigenvalue weighted by atomic mass is 19.4. The van der Waals surface area contributed by atoms with Crippen LogP contribution in [0, 0.1) is 19.3 Å². The van der Waals surface area contributed by atoms with E-state index >= 15 is 0 Å². The Balaban J connectivity index is 3.10. The third kappa shape index (κ3) is 4.04. The van der Waals surface area contributed by atoms with Crippen molar-refractivity contribution in [3.05, 3.63) is 34.4 Å². The molecule has 3 heteroatoms. The van der Waals surface area contributed by atoms with Crippen LogP contribution in [0.4, 0.5) is 13.2 Å². The molecule has 0 radical (unpaired) electrons. The van der Waals surface area contributed by atoms with Gasteiger partial charge in [0.1, 0.15) is 0 Å². The summed E-state index contributed by atoms with van der Waals surface area (Å²) in [5.74, 6) is 0. The topological polar surface area (TPSA) is 0 Å². The van der Waals surface area contributed by atoms with Crippen LogP contribution in [-0.4, -0.2) is 0 Å². The van der Waals surface area contributed by atoms with Crippen molar-refractivity contribution in [3.8, 4) is 0 Å². The summed E-state index contributed by atoms with van der Waals surface area (Å²) < 4.78 is 38.6. The molecule has 1 aromatic carbocycles. The largest absolute Gasteiger partial charge is 0.416 e. The Bertz CT molecular complexity index is 423. The van der Waals surface area contributed by atoms with E-state index in [0.717, 1.165) is 12.0 Å². The Labute approximate surface area is 107 Å². The fraction of sp³-hybridized carbons (Fsp3) is 0.600. The highest BCUT2D eigenvalue weighted by Gasteiger charge is 2.33. The molecule has 0 saturated carbocycles. The average Bonchev–Trinajstić information content (AvgIpc) is 2.16. The van der Waals surface area contributed by atoms with E-state index in [0.29, 0.717) is 17.5 Å². The Morgan fingerprint density at radius 1 is 1.00 bits per heavy atom. The number of rotatable bonds is 2. The molecule has 0 spiro atoms. The van der Waals surface area contributed by atoms with Crippen LogP contribution in [0.15, 0.2) is 12.1 Å². The van der Waals surface area contributed by atoms with E-state index in [1.54, 1.807) is 13.8 Å². The van der Waals surface area contributed by atoms with Crippen molar-refractivity contribution in [2.45, 2.75) is 53.6 Å². The van der Waals surface area contributed by atoms with Crippen molar-refractivity contribution in [1.29, 1.82) is 0 Å². The van der Waals surface area contributed by atoms with Crippen LogP contribution in [0.3, 0.4) is 0 Å². The van der Waals surface area contributed by atoms with Gasteiger partial charge in [-0.25, -0.2) is 0 Å². The predicted molar refractivity (Wildman–Crippen MR) is 68.7 cm³/mol. The monoisotopic (exact) mass is 258 g/mol. The molecule has 102 valence electrons. The second-order valence-electron chi connectivity index (χ2n) is 6.16. The van der Waals surface area contributed by atoms with Gasteiger partial charge in [0.15, 0.2) is 0 Å². The number of hydrogen-bond donors (Lipinski definition) is 0. The van der Waals surface area contributed by atoms with Gasteiger partial charge in [0.05, 0.1) is 5.56 Å². The van der Waals surface area contributed by atoms with E-state index in [2.05, 4.69) is 20.8 Å². The fourth-order valence-corrected chi connectivity index (χ4v) is 2.00. The zero-order valence-corrected chi connectivity index (χ0v) is 11.7. The summed E-state index contributed by atoms with van der Waals surface area (Å²) in [6.07, 6.45) is -2.68. The predicted octanol–water partition coefficient (Wildman–Crippen LogP) is 5.30. The Kier molecular flexibility index (Phi) is 4.14. The van der Waals surface area contributed by atoms with Crippen molar-refractivity contribution in [3.63, 3.8) is 0 Å². The average molecular weight is 258 g/mol. The van der Waals surface area contributed by atoms with Crippen molar-refractivity contribution in [2.75, 3.05) is 0 Å². The molecule has 0 aliphatic heterocycles. The highest BCUT2D eigenvalue weighted by Crippen LogP contribution is 2.35. The van der Waals surface area contributed by atoms with E-state index in [1.165, 1.54) is 6.07 Å². The number of hydrogen-bond acceptors (Lipinski definition) is 0. The second-order valence-corrected chi connectivity index (χ2v) is 6.16. The van der Waals surface area contributed by atoms with E-state index < -0.39 is 11.7 Å². The lowest BCUT2D eigenvalue weighted by Gasteiger charge is -2.20. The summed E-state index contributed by atoms with van der Waals surface area (Å²) in [4.78, 5) is 0. The summed E-state index contributed by atoms with van der Waals surface area (Å²) >= 11 is 0. The lowest BCUT2D eigenvalue weighted by molar-refractivity contribution is -0.138. The Hall–Kier alpha value is -0.990. The Morgan fingerprint density at radius 3 is 2.00 bits per heavy atom. The van der Waals surface area contributed by atoms with Crippen LogP contribution >= 0.6 is 0 Å². The summed E-state index contributed by atoms with van der Waals surface area (Å²) in [5.41, 5.74) is 1.51. The summed E-state index contributed by atoms with van der Waals surface area (Å²) in [6.45, 7) is 9.59. The minimum absolute atomic E-state index is 0.134. The SMILES string of the molecule is Cc1cc(CCC(C)(C)C)c(C)c(C(F)(F)F)c1. The third-order valence-electron chi connectivity index (χ3n) is 3.11. The molecule has 0 aromatic heterocycles. The molecule has 0 amide bonds. The molecule has 18 heavy (non-hydrogen) atoms. The number of aryl methyl sites for hydroxylation is 2. The maximum atomic E-state index is 12.9. The quantitative estimate of drug-likeness (QED) is 0.675. The molecular formula is C15H21F3. The van der Waals surface area contributed by atoms with Gasteiger partial charge in [-0.2, -0.15) is 13.2 Å². The lowest BCUT2D eigenvalue weighted by Crippen LogP contribution is -2.12. The standard InChI is InChI=1S/C15H21F3/c1-10-8-12(6-7-14(3,4)5)11(2)13(9-10)15(16,17)18/h8-9H,6-7H2,1-5H3. The first-order valence-electron chi connectivity index (χ1n) is 6.18. The molecule has 0 aliphatic rings. The van der Waals surface area contributed by atoms with Crippen molar-refractivity contribution >= 4 is 0 Å². The Morgan fingerprint density at radius 2 is 1.56 bits per heavy atom. The van der Waals surface area contributed by atoms with Gasteiger partial charge in [0.2, 0.25) is 0 Å². The second kappa shape index (κ2) is 4.94. The maximum Gasteiger partial charge on any atom is 0.416 e. The van der Waals surface area contributed by atoms with Gasteiger partial charge in [0, 0.05) is 0 Å². The minimum Gasteiger partial charge on any atom is -0.166 e. The van der Waals surface area contributed by atoms with Crippen LogP contribution < -0.4 is 0 Å². The summed E-state index contributed by atoms with van der Waals surface area (Å²) in [5, 5.41) is 0. The molecule has 0 atom stereocenters. The first kappa shape index (κ1) is 15.1. The van der Waals surface area contributed by atoms with Crippen LogP contribution in [0.2, 0.25) is 0 Å². The molecule has 0 fully saturated rings. The van der Waals surface area contributed by atoms with E-state index in [9.17, 15) is 13.2 Å². The first-order valence-corrected chi connectivity index (χ1v) is 6.18. The molecular weight excluding hydrogens is 237 g/mol. The molecule has 0 aliphatic carbocycles. The molecule has 0 heterocycles. The van der Waals surface area contributed by atoms with Crippen LogP contribution in [0.5, 0.6) is 0 Å². The molecule has 0 saturated heterocycles. The molecule has 1 aromatic rings. The molecule has 0 unspecified atom stereocenters. The van der Waals surface area contributed by atoms with Gasteiger partial charge in [0.25, 0.3) is 0 Å². The van der Waals surface area contributed by atoms with Gasteiger partial charge in [-0.15, -0.1) is 0 Å². The van der Waals surface area contributed by atoms with Crippen LogP contribution in [0.25, 0.3) is 0 Å². The first-order chi connectivity index (χ1) is 8.00. The van der Waals surface area contributed by atoms with Gasteiger partial charge in [-0.3, -0.25) is 0 Å². The van der Waals surface area contributed by atoms with Crippen molar-refractivity contribution in [1.82, 2.24) is 0 Å². The highest BCUT2D eigenvalue weighted by molar-refractivity contribution is 5.39. The summed E-state index contributed by atoms with van der Waals surface area (Å²) in [7, 11) is 0. The number of benzene rings is 1. The molecule has 0 nitrogen and oxygen atoms in total. The van der Waals surface area contributed by atoms with Crippen LogP contribution in [0.1, 0.15) is 49.4 Å².